The number of allylic oxidation sites excluding steroid dienone is 1. The van der Waals surface area contributed by atoms with Crippen LogP contribution in [0.4, 0.5) is 0 Å². The molecule has 0 saturated heterocycles. The molecule has 2 aromatic carbocycles. The predicted molar refractivity (Wildman–Crippen MR) is 109 cm³/mol. The molecule has 134 valence electrons. The second-order valence-electron chi connectivity index (χ2n) is 7.13. The number of rotatable bonds is 10. The van der Waals surface area contributed by atoms with Gasteiger partial charge < -0.3 is 4.74 Å². The SMILES string of the molecule is CCCCOc1cccc(/C=C/CCc2ccc(CC(C)C)cc2)c1. The lowest BCUT2D eigenvalue weighted by atomic mass is 10.0. The molecular weight excluding hydrogens is 304 g/mol. The maximum Gasteiger partial charge on any atom is 0.119 e. The molecule has 0 saturated carbocycles. The molecule has 0 heterocycles. The number of unbranched alkanes of at least 4 members (excludes halogenated alkanes) is 1. The lowest BCUT2D eigenvalue weighted by molar-refractivity contribution is 0.309. The van der Waals surface area contributed by atoms with Gasteiger partial charge in [-0.2, -0.15) is 0 Å². The van der Waals surface area contributed by atoms with E-state index in [9.17, 15) is 0 Å². The van der Waals surface area contributed by atoms with E-state index in [4.69, 9.17) is 4.74 Å². The van der Waals surface area contributed by atoms with Crippen molar-refractivity contribution in [2.75, 3.05) is 6.61 Å². The van der Waals surface area contributed by atoms with Crippen LogP contribution in [-0.4, -0.2) is 6.61 Å². The van der Waals surface area contributed by atoms with E-state index in [0.717, 1.165) is 50.4 Å². The first-order chi connectivity index (χ1) is 12.2. The average molecular weight is 337 g/mol. The smallest absolute Gasteiger partial charge is 0.119 e. The van der Waals surface area contributed by atoms with Crippen LogP contribution in [0.15, 0.2) is 54.6 Å². The molecule has 25 heavy (non-hydrogen) atoms. The Labute approximate surface area is 153 Å². The minimum Gasteiger partial charge on any atom is -0.494 e. The van der Waals surface area contributed by atoms with E-state index in [2.05, 4.69) is 75.4 Å². The van der Waals surface area contributed by atoms with E-state index in [1.165, 1.54) is 16.7 Å². The Morgan fingerprint density at radius 3 is 2.48 bits per heavy atom. The summed E-state index contributed by atoms with van der Waals surface area (Å²) in [4.78, 5) is 0. The van der Waals surface area contributed by atoms with Gasteiger partial charge in [0, 0.05) is 0 Å². The van der Waals surface area contributed by atoms with Crippen LogP contribution >= 0.6 is 0 Å². The molecule has 0 amide bonds. The van der Waals surface area contributed by atoms with E-state index < -0.39 is 0 Å². The molecule has 0 aliphatic heterocycles. The summed E-state index contributed by atoms with van der Waals surface area (Å²) in [6.45, 7) is 7.52. The quantitative estimate of drug-likeness (QED) is 0.438. The Morgan fingerprint density at radius 2 is 1.76 bits per heavy atom. The highest BCUT2D eigenvalue weighted by Crippen LogP contribution is 2.16. The van der Waals surface area contributed by atoms with E-state index in [1.54, 1.807) is 0 Å². The Morgan fingerprint density at radius 1 is 1.00 bits per heavy atom. The van der Waals surface area contributed by atoms with Crippen LogP contribution < -0.4 is 4.74 Å². The first-order valence-electron chi connectivity index (χ1n) is 9.64. The van der Waals surface area contributed by atoms with Crippen LogP contribution in [0.3, 0.4) is 0 Å². The van der Waals surface area contributed by atoms with Gasteiger partial charge in [-0.15, -0.1) is 0 Å². The van der Waals surface area contributed by atoms with E-state index >= 15 is 0 Å². The van der Waals surface area contributed by atoms with Crippen molar-refractivity contribution < 1.29 is 4.74 Å². The standard InChI is InChI=1S/C24H32O/c1-4-5-17-25-24-12-8-11-22(19-24)10-7-6-9-21-13-15-23(16-14-21)18-20(2)3/h7-8,10-16,19-20H,4-6,9,17-18H2,1-3H3/b10-7+. The van der Waals surface area contributed by atoms with Crippen molar-refractivity contribution >= 4 is 6.08 Å². The molecule has 0 unspecified atom stereocenters. The largest absolute Gasteiger partial charge is 0.494 e. The van der Waals surface area contributed by atoms with Gasteiger partial charge in [-0.25, -0.2) is 0 Å². The normalized spacial score (nSPS) is 11.4. The fourth-order valence-electron chi connectivity index (χ4n) is 2.83. The number of ether oxygens (including phenoxy) is 1. The van der Waals surface area contributed by atoms with E-state index in [0.29, 0.717) is 0 Å². The Kier molecular flexibility index (Phi) is 8.31. The summed E-state index contributed by atoms with van der Waals surface area (Å²) in [6.07, 6.45) is 10.0. The maximum atomic E-state index is 5.77. The average Bonchev–Trinajstić information content (AvgIpc) is 2.60. The first-order valence-corrected chi connectivity index (χ1v) is 9.64. The van der Waals surface area contributed by atoms with Crippen molar-refractivity contribution in [1.29, 1.82) is 0 Å². The summed E-state index contributed by atoms with van der Waals surface area (Å²) in [5, 5.41) is 0. The monoisotopic (exact) mass is 336 g/mol. The lowest BCUT2D eigenvalue weighted by Gasteiger charge is -2.06. The molecule has 2 rings (SSSR count). The van der Waals surface area contributed by atoms with Gasteiger partial charge in [0.15, 0.2) is 0 Å². The number of hydrogen-bond acceptors (Lipinski definition) is 1. The third-order valence-electron chi connectivity index (χ3n) is 4.20. The maximum absolute atomic E-state index is 5.77. The molecule has 0 N–H and O–H groups in total. The summed E-state index contributed by atoms with van der Waals surface area (Å²) >= 11 is 0. The Balaban J connectivity index is 1.79. The van der Waals surface area contributed by atoms with Crippen molar-refractivity contribution in [1.82, 2.24) is 0 Å². The third-order valence-corrected chi connectivity index (χ3v) is 4.20. The fourth-order valence-corrected chi connectivity index (χ4v) is 2.83. The van der Waals surface area contributed by atoms with Gasteiger partial charge in [-0.05, 0) is 60.4 Å². The van der Waals surface area contributed by atoms with Gasteiger partial charge in [0.25, 0.3) is 0 Å². The summed E-state index contributed by atoms with van der Waals surface area (Å²) in [6, 6.07) is 17.4. The molecule has 1 nitrogen and oxygen atoms in total. The lowest BCUT2D eigenvalue weighted by Crippen LogP contribution is -1.96. The van der Waals surface area contributed by atoms with Gasteiger partial charge in [-0.1, -0.05) is 75.7 Å². The number of benzene rings is 2. The van der Waals surface area contributed by atoms with Crippen molar-refractivity contribution in [2.24, 2.45) is 5.92 Å². The fraction of sp³-hybridized carbons (Fsp3) is 0.417. The van der Waals surface area contributed by atoms with Crippen molar-refractivity contribution in [3.8, 4) is 5.75 Å². The summed E-state index contributed by atoms with van der Waals surface area (Å²) in [5.74, 6) is 1.69. The van der Waals surface area contributed by atoms with E-state index in [1.807, 2.05) is 6.07 Å². The zero-order valence-corrected chi connectivity index (χ0v) is 16.0. The van der Waals surface area contributed by atoms with Gasteiger partial charge in [-0.3, -0.25) is 0 Å². The molecule has 0 spiro atoms. The molecule has 0 atom stereocenters. The molecule has 0 aliphatic rings. The summed E-state index contributed by atoms with van der Waals surface area (Å²) in [5.41, 5.74) is 4.06. The van der Waals surface area contributed by atoms with Crippen molar-refractivity contribution in [3.05, 3.63) is 71.3 Å². The van der Waals surface area contributed by atoms with Crippen molar-refractivity contribution in [3.63, 3.8) is 0 Å². The first kappa shape index (κ1) is 19.3. The minimum absolute atomic E-state index is 0.718. The number of hydrogen-bond donors (Lipinski definition) is 0. The zero-order chi connectivity index (χ0) is 17.9. The Bertz CT molecular complexity index is 637. The summed E-state index contributed by atoms with van der Waals surface area (Å²) in [7, 11) is 0. The van der Waals surface area contributed by atoms with Crippen molar-refractivity contribution in [2.45, 2.75) is 52.9 Å². The van der Waals surface area contributed by atoms with Crippen LogP contribution in [0.5, 0.6) is 5.75 Å². The highest BCUT2D eigenvalue weighted by atomic mass is 16.5. The van der Waals surface area contributed by atoms with Crippen LogP contribution in [-0.2, 0) is 12.8 Å². The predicted octanol–water partition coefficient (Wildman–Crippen LogP) is 6.71. The highest BCUT2D eigenvalue weighted by Gasteiger charge is 1.98. The van der Waals surface area contributed by atoms with Gasteiger partial charge >= 0.3 is 0 Å². The third kappa shape index (κ3) is 7.60. The molecular formula is C24H32O. The van der Waals surface area contributed by atoms with E-state index in [-0.39, 0.29) is 0 Å². The molecule has 0 bridgehead atoms. The molecule has 0 aliphatic carbocycles. The van der Waals surface area contributed by atoms with Crippen LogP contribution in [0.25, 0.3) is 6.08 Å². The molecule has 0 fully saturated rings. The van der Waals surface area contributed by atoms with Gasteiger partial charge in [0.05, 0.1) is 6.61 Å². The second-order valence-corrected chi connectivity index (χ2v) is 7.13. The van der Waals surface area contributed by atoms with Crippen LogP contribution in [0, 0.1) is 5.92 Å². The molecule has 1 heteroatoms. The van der Waals surface area contributed by atoms with Crippen LogP contribution in [0.2, 0.25) is 0 Å². The summed E-state index contributed by atoms with van der Waals surface area (Å²) < 4.78 is 5.77. The highest BCUT2D eigenvalue weighted by molar-refractivity contribution is 5.51. The second kappa shape index (κ2) is 10.8. The zero-order valence-electron chi connectivity index (χ0n) is 16.0. The topological polar surface area (TPSA) is 9.23 Å². The minimum atomic E-state index is 0.718. The Hall–Kier alpha value is -2.02. The number of aryl methyl sites for hydroxylation is 1. The van der Waals surface area contributed by atoms with Crippen LogP contribution in [0.1, 0.15) is 56.7 Å². The molecule has 0 radical (unpaired) electrons. The molecule has 0 aromatic heterocycles. The molecule has 2 aromatic rings. The van der Waals surface area contributed by atoms with Gasteiger partial charge in [0.2, 0.25) is 0 Å². The van der Waals surface area contributed by atoms with Gasteiger partial charge in [0.1, 0.15) is 5.75 Å².